The zero-order valence-electron chi connectivity index (χ0n) is 11.3. The van der Waals surface area contributed by atoms with Crippen LogP contribution in [-0.2, 0) is 13.1 Å². The molecule has 3 rings (SSSR count). The molecule has 2 aromatic carbocycles. The number of nitrogens with zero attached hydrogens (tertiary/aromatic N) is 1. The zero-order chi connectivity index (χ0) is 14.7. The van der Waals surface area contributed by atoms with Crippen molar-refractivity contribution < 1.29 is 8.78 Å². The van der Waals surface area contributed by atoms with Gasteiger partial charge in [0, 0.05) is 24.7 Å². The van der Waals surface area contributed by atoms with Gasteiger partial charge in [-0.05, 0) is 41.5 Å². The quantitative estimate of drug-likeness (QED) is 0.788. The molecule has 2 nitrogen and oxygen atoms in total. The average Bonchev–Trinajstić information content (AvgIpc) is 2.51. The minimum absolute atomic E-state index is 0.488. The number of benzene rings is 2. The first kappa shape index (κ1) is 13.6. The second-order valence-corrected chi connectivity index (χ2v) is 4.88. The summed E-state index contributed by atoms with van der Waals surface area (Å²) in [4.78, 5) is 4.27. The van der Waals surface area contributed by atoms with Gasteiger partial charge in [0.2, 0.25) is 0 Å². The summed E-state index contributed by atoms with van der Waals surface area (Å²) in [6, 6.07) is 13.9. The Hall–Kier alpha value is -2.33. The van der Waals surface area contributed by atoms with Gasteiger partial charge in [-0.1, -0.05) is 18.2 Å². The highest BCUT2D eigenvalue weighted by atomic mass is 19.2. The zero-order valence-corrected chi connectivity index (χ0v) is 11.3. The molecule has 0 radical (unpaired) electrons. The van der Waals surface area contributed by atoms with E-state index in [1.54, 1.807) is 12.3 Å². The van der Waals surface area contributed by atoms with Gasteiger partial charge in [-0.15, -0.1) is 0 Å². The van der Waals surface area contributed by atoms with Crippen LogP contribution in [-0.4, -0.2) is 4.98 Å². The lowest BCUT2D eigenvalue weighted by Gasteiger charge is -2.07. The molecule has 0 atom stereocenters. The molecule has 0 fully saturated rings. The van der Waals surface area contributed by atoms with E-state index < -0.39 is 11.6 Å². The van der Waals surface area contributed by atoms with Gasteiger partial charge in [0.05, 0.1) is 5.52 Å². The predicted octanol–water partition coefficient (Wildman–Crippen LogP) is 3.80. The molecule has 0 spiro atoms. The fraction of sp³-hybridized carbons (Fsp3) is 0.118. The van der Waals surface area contributed by atoms with Crippen LogP contribution in [0, 0.1) is 11.6 Å². The van der Waals surface area contributed by atoms with Gasteiger partial charge in [0.1, 0.15) is 0 Å². The number of hydrogen-bond donors (Lipinski definition) is 1. The smallest absolute Gasteiger partial charge is 0.159 e. The predicted molar refractivity (Wildman–Crippen MR) is 78.6 cm³/mol. The maximum absolute atomic E-state index is 13.1. The Bertz CT molecular complexity index is 772. The largest absolute Gasteiger partial charge is 0.309 e. The number of pyridine rings is 1. The van der Waals surface area contributed by atoms with E-state index in [4.69, 9.17) is 0 Å². The Kier molecular flexibility index (Phi) is 3.88. The number of fused-ring (bicyclic) bond motifs is 1. The molecule has 1 N–H and O–H groups in total. The molecule has 0 aliphatic carbocycles. The summed E-state index contributed by atoms with van der Waals surface area (Å²) in [6.07, 6.45) is 1.77. The van der Waals surface area contributed by atoms with Gasteiger partial charge in [0.25, 0.3) is 0 Å². The van der Waals surface area contributed by atoms with Gasteiger partial charge in [0.15, 0.2) is 11.6 Å². The third-order valence-electron chi connectivity index (χ3n) is 3.31. The fourth-order valence-corrected chi connectivity index (χ4v) is 2.24. The second kappa shape index (κ2) is 5.97. The standard InChI is InChI=1S/C17H14F2N2/c18-15-5-3-13(9-16(15)19)11-20-10-12-4-6-17-14(8-12)2-1-7-21-17/h1-9,20H,10-11H2. The van der Waals surface area contributed by atoms with Crippen molar-refractivity contribution in [1.29, 1.82) is 0 Å². The second-order valence-electron chi connectivity index (χ2n) is 4.88. The molecule has 4 heteroatoms. The molecule has 0 saturated carbocycles. The van der Waals surface area contributed by atoms with Gasteiger partial charge in [-0.3, -0.25) is 4.98 Å². The van der Waals surface area contributed by atoms with Crippen molar-refractivity contribution in [3.05, 3.63) is 77.5 Å². The van der Waals surface area contributed by atoms with Crippen LogP contribution < -0.4 is 5.32 Å². The van der Waals surface area contributed by atoms with Crippen LogP contribution in [0.3, 0.4) is 0 Å². The molecule has 21 heavy (non-hydrogen) atoms. The van der Waals surface area contributed by atoms with Crippen LogP contribution >= 0.6 is 0 Å². The van der Waals surface area contributed by atoms with Gasteiger partial charge in [-0.2, -0.15) is 0 Å². The van der Waals surface area contributed by atoms with E-state index in [1.807, 2.05) is 24.3 Å². The summed E-state index contributed by atoms with van der Waals surface area (Å²) in [5.74, 6) is -1.63. The van der Waals surface area contributed by atoms with E-state index in [-0.39, 0.29) is 0 Å². The third kappa shape index (κ3) is 3.23. The average molecular weight is 284 g/mol. The molecule has 0 unspecified atom stereocenters. The van der Waals surface area contributed by atoms with Gasteiger partial charge >= 0.3 is 0 Å². The van der Waals surface area contributed by atoms with Crippen molar-refractivity contribution in [2.45, 2.75) is 13.1 Å². The van der Waals surface area contributed by atoms with E-state index in [0.717, 1.165) is 28.1 Å². The minimum atomic E-state index is -0.819. The molecule has 1 heterocycles. The maximum Gasteiger partial charge on any atom is 0.159 e. The molecule has 106 valence electrons. The number of hydrogen-bond acceptors (Lipinski definition) is 2. The van der Waals surface area contributed by atoms with E-state index >= 15 is 0 Å². The number of nitrogens with one attached hydrogen (secondary N) is 1. The van der Waals surface area contributed by atoms with Crippen LogP contribution in [0.1, 0.15) is 11.1 Å². The molecule has 3 aromatic rings. The Morgan fingerprint density at radius 1 is 0.857 bits per heavy atom. The molecule has 0 bridgehead atoms. The lowest BCUT2D eigenvalue weighted by Crippen LogP contribution is -2.12. The molecule has 0 amide bonds. The third-order valence-corrected chi connectivity index (χ3v) is 3.31. The highest BCUT2D eigenvalue weighted by Gasteiger charge is 2.02. The Morgan fingerprint density at radius 2 is 1.62 bits per heavy atom. The number of rotatable bonds is 4. The van der Waals surface area contributed by atoms with E-state index in [9.17, 15) is 8.78 Å². The topological polar surface area (TPSA) is 24.9 Å². The first-order chi connectivity index (χ1) is 10.2. The van der Waals surface area contributed by atoms with Gasteiger partial charge in [-0.25, -0.2) is 8.78 Å². The first-order valence-electron chi connectivity index (χ1n) is 6.71. The molecule has 1 aromatic heterocycles. The van der Waals surface area contributed by atoms with Crippen molar-refractivity contribution in [3.8, 4) is 0 Å². The summed E-state index contributed by atoms with van der Waals surface area (Å²) in [6.45, 7) is 1.14. The maximum atomic E-state index is 13.1. The van der Waals surface area contributed by atoms with Crippen LogP contribution in [0.15, 0.2) is 54.7 Å². The molecular weight excluding hydrogens is 270 g/mol. The Morgan fingerprint density at radius 3 is 2.43 bits per heavy atom. The summed E-state index contributed by atoms with van der Waals surface area (Å²) < 4.78 is 25.9. The SMILES string of the molecule is Fc1ccc(CNCc2ccc3ncccc3c2)cc1F. The summed E-state index contributed by atoms with van der Waals surface area (Å²) in [5.41, 5.74) is 2.80. The van der Waals surface area contributed by atoms with Crippen LogP contribution in [0.25, 0.3) is 10.9 Å². The Labute approximate surface area is 121 Å². The highest BCUT2D eigenvalue weighted by molar-refractivity contribution is 5.78. The number of aromatic nitrogens is 1. The molecular formula is C17H14F2N2. The lowest BCUT2D eigenvalue weighted by atomic mass is 10.1. The molecule has 0 saturated heterocycles. The van der Waals surface area contributed by atoms with Crippen LogP contribution in [0.2, 0.25) is 0 Å². The van der Waals surface area contributed by atoms with Crippen molar-refractivity contribution in [3.63, 3.8) is 0 Å². The summed E-state index contributed by atoms with van der Waals surface area (Å²) in [7, 11) is 0. The van der Waals surface area contributed by atoms with Crippen molar-refractivity contribution in [1.82, 2.24) is 10.3 Å². The minimum Gasteiger partial charge on any atom is -0.309 e. The molecule has 0 aliphatic heterocycles. The number of halogens is 2. The van der Waals surface area contributed by atoms with Gasteiger partial charge < -0.3 is 5.32 Å². The van der Waals surface area contributed by atoms with Crippen molar-refractivity contribution in [2.75, 3.05) is 0 Å². The summed E-state index contributed by atoms with van der Waals surface area (Å²) >= 11 is 0. The van der Waals surface area contributed by atoms with E-state index in [1.165, 1.54) is 6.07 Å². The lowest BCUT2D eigenvalue weighted by molar-refractivity contribution is 0.506. The van der Waals surface area contributed by atoms with E-state index in [2.05, 4.69) is 16.4 Å². The molecule has 0 aliphatic rings. The Balaban J connectivity index is 1.64. The van der Waals surface area contributed by atoms with Crippen LogP contribution in [0.5, 0.6) is 0 Å². The fourth-order valence-electron chi connectivity index (χ4n) is 2.24. The first-order valence-corrected chi connectivity index (χ1v) is 6.71. The van der Waals surface area contributed by atoms with Crippen LogP contribution in [0.4, 0.5) is 8.78 Å². The van der Waals surface area contributed by atoms with E-state index in [0.29, 0.717) is 13.1 Å². The van der Waals surface area contributed by atoms with Crippen molar-refractivity contribution in [2.24, 2.45) is 0 Å². The highest BCUT2D eigenvalue weighted by Crippen LogP contribution is 2.13. The summed E-state index contributed by atoms with van der Waals surface area (Å²) in [5, 5.41) is 4.31. The monoisotopic (exact) mass is 284 g/mol. The normalized spacial score (nSPS) is 11.0. The van der Waals surface area contributed by atoms with Crippen molar-refractivity contribution >= 4 is 10.9 Å².